The van der Waals surface area contributed by atoms with E-state index in [0.29, 0.717) is 17.4 Å². The molecule has 0 fully saturated rings. The molecule has 2 aromatic carbocycles. The van der Waals surface area contributed by atoms with Crippen molar-refractivity contribution < 1.29 is 9.52 Å². The van der Waals surface area contributed by atoms with Crippen LogP contribution in [0.4, 0.5) is 5.69 Å². The lowest BCUT2D eigenvalue weighted by Gasteiger charge is -2.20. The van der Waals surface area contributed by atoms with Crippen molar-refractivity contribution in [1.82, 2.24) is 0 Å². The minimum atomic E-state index is -1.68. The van der Waals surface area contributed by atoms with Crippen molar-refractivity contribution >= 4 is 17.4 Å². The molecule has 0 spiro atoms. The molecule has 0 bridgehead atoms. The number of hydrogen-bond acceptors (Lipinski definition) is 5. The summed E-state index contributed by atoms with van der Waals surface area (Å²) in [5.74, 6) is 1.08. The Morgan fingerprint density at radius 1 is 0.875 bits per heavy atom. The zero-order valence-electron chi connectivity index (χ0n) is 12.8. The second kappa shape index (κ2) is 5.79. The van der Waals surface area contributed by atoms with Crippen LogP contribution in [0.15, 0.2) is 93.5 Å². The number of nitrogens with zero attached hydrogens (tertiary/aromatic N) is 2. The van der Waals surface area contributed by atoms with E-state index in [1.807, 2.05) is 60.7 Å². The van der Waals surface area contributed by atoms with Crippen LogP contribution in [0.1, 0.15) is 11.3 Å². The molecule has 24 heavy (non-hydrogen) atoms. The molecule has 3 aromatic rings. The second-order valence-electron chi connectivity index (χ2n) is 5.40. The summed E-state index contributed by atoms with van der Waals surface area (Å²) in [6, 6.07) is 22.4. The van der Waals surface area contributed by atoms with Gasteiger partial charge in [-0.1, -0.05) is 48.5 Å². The van der Waals surface area contributed by atoms with Gasteiger partial charge in [0.2, 0.25) is 0 Å². The van der Waals surface area contributed by atoms with Gasteiger partial charge in [0.1, 0.15) is 0 Å². The van der Waals surface area contributed by atoms with Crippen LogP contribution in [-0.4, -0.2) is 16.8 Å². The summed E-state index contributed by atoms with van der Waals surface area (Å²) in [6.07, 6.45) is 1.50. The Hall–Kier alpha value is -3.18. The third-order valence-corrected chi connectivity index (χ3v) is 3.75. The summed E-state index contributed by atoms with van der Waals surface area (Å²) in [4.78, 5) is 8.93. The zero-order chi connectivity index (χ0) is 16.4. The summed E-state index contributed by atoms with van der Waals surface area (Å²) in [7, 11) is 0. The SMILES string of the molecule is OC1(c2ccco2)N=C(c2ccccc2)N=C1Nc1ccccc1. The summed E-state index contributed by atoms with van der Waals surface area (Å²) < 4.78 is 5.39. The van der Waals surface area contributed by atoms with Crippen LogP contribution in [0.25, 0.3) is 0 Å². The molecule has 0 saturated carbocycles. The first-order valence-electron chi connectivity index (χ1n) is 7.58. The Labute approximate surface area is 139 Å². The largest absolute Gasteiger partial charge is 0.464 e. The Balaban J connectivity index is 1.77. The van der Waals surface area contributed by atoms with Gasteiger partial charge < -0.3 is 14.8 Å². The Kier molecular flexibility index (Phi) is 3.48. The van der Waals surface area contributed by atoms with Gasteiger partial charge in [-0.2, -0.15) is 0 Å². The van der Waals surface area contributed by atoms with Gasteiger partial charge in [-0.15, -0.1) is 0 Å². The summed E-state index contributed by atoms with van der Waals surface area (Å²) in [6.45, 7) is 0. The molecule has 1 aliphatic rings. The average molecular weight is 317 g/mol. The van der Waals surface area contributed by atoms with Crippen LogP contribution in [0.2, 0.25) is 0 Å². The number of nitrogens with one attached hydrogen (secondary N) is 1. The van der Waals surface area contributed by atoms with E-state index in [1.54, 1.807) is 12.1 Å². The fourth-order valence-corrected chi connectivity index (χ4v) is 2.55. The van der Waals surface area contributed by atoms with Crippen LogP contribution in [0.5, 0.6) is 0 Å². The number of para-hydroxylation sites is 1. The topological polar surface area (TPSA) is 70.1 Å². The van der Waals surface area contributed by atoms with Crippen molar-refractivity contribution in [1.29, 1.82) is 0 Å². The molecule has 2 heterocycles. The van der Waals surface area contributed by atoms with Crippen molar-refractivity contribution in [2.24, 2.45) is 9.98 Å². The van der Waals surface area contributed by atoms with Crippen LogP contribution in [0, 0.1) is 0 Å². The van der Waals surface area contributed by atoms with Crippen LogP contribution in [-0.2, 0) is 5.72 Å². The van der Waals surface area contributed by atoms with Crippen molar-refractivity contribution in [3.05, 3.63) is 90.4 Å². The maximum absolute atomic E-state index is 11.1. The first-order chi connectivity index (χ1) is 11.8. The molecule has 1 aliphatic heterocycles. The average Bonchev–Trinajstić information content (AvgIpc) is 3.27. The molecule has 5 nitrogen and oxygen atoms in total. The monoisotopic (exact) mass is 317 g/mol. The fraction of sp³-hybridized carbons (Fsp3) is 0.0526. The van der Waals surface area contributed by atoms with Gasteiger partial charge in [0, 0.05) is 11.3 Å². The van der Waals surface area contributed by atoms with Gasteiger partial charge in [-0.3, -0.25) is 0 Å². The van der Waals surface area contributed by atoms with Gasteiger partial charge >= 0.3 is 0 Å². The van der Waals surface area contributed by atoms with E-state index < -0.39 is 5.72 Å². The molecule has 4 rings (SSSR count). The van der Waals surface area contributed by atoms with Crippen LogP contribution >= 0.6 is 0 Å². The molecule has 0 aliphatic carbocycles. The van der Waals surface area contributed by atoms with Crippen molar-refractivity contribution in [3.8, 4) is 0 Å². The van der Waals surface area contributed by atoms with E-state index in [1.165, 1.54) is 6.26 Å². The zero-order valence-corrected chi connectivity index (χ0v) is 12.8. The number of aliphatic imine (C=N–C) groups is 2. The highest BCUT2D eigenvalue weighted by molar-refractivity contribution is 6.17. The summed E-state index contributed by atoms with van der Waals surface area (Å²) in [5, 5.41) is 14.3. The third kappa shape index (κ3) is 2.51. The van der Waals surface area contributed by atoms with Gasteiger partial charge in [-0.25, -0.2) is 9.98 Å². The Morgan fingerprint density at radius 3 is 2.25 bits per heavy atom. The van der Waals surface area contributed by atoms with Crippen LogP contribution in [0.3, 0.4) is 0 Å². The Bertz CT molecular complexity index is 887. The predicted octanol–water partition coefficient (Wildman–Crippen LogP) is 3.40. The number of aliphatic hydroxyl groups is 1. The van der Waals surface area contributed by atoms with E-state index in [2.05, 4.69) is 15.3 Å². The van der Waals surface area contributed by atoms with Crippen molar-refractivity contribution in [2.75, 3.05) is 5.32 Å². The molecular weight excluding hydrogens is 302 g/mol. The fourth-order valence-electron chi connectivity index (χ4n) is 2.55. The smallest absolute Gasteiger partial charge is 0.277 e. The lowest BCUT2D eigenvalue weighted by molar-refractivity contribution is 0.0986. The first kappa shape index (κ1) is 14.4. The molecule has 0 radical (unpaired) electrons. The molecule has 0 saturated heterocycles. The van der Waals surface area contributed by atoms with E-state index >= 15 is 0 Å². The maximum Gasteiger partial charge on any atom is 0.277 e. The summed E-state index contributed by atoms with van der Waals surface area (Å²) >= 11 is 0. The predicted molar refractivity (Wildman–Crippen MR) is 93.1 cm³/mol. The number of furan rings is 1. The lowest BCUT2D eigenvalue weighted by atomic mass is 10.1. The molecule has 5 heteroatoms. The summed E-state index contributed by atoms with van der Waals surface area (Å²) in [5.41, 5.74) is -0.0390. The normalized spacial score (nSPS) is 19.7. The van der Waals surface area contributed by atoms with E-state index in [9.17, 15) is 5.11 Å². The van der Waals surface area contributed by atoms with Gasteiger partial charge in [0.25, 0.3) is 5.72 Å². The van der Waals surface area contributed by atoms with Crippen molar-refractivity contribution in [2.45, 2.75) is 5.72 Å². The first-order valence-corrected chi connectivity index (χ1v) is 7.58. The van der Waals surface area contributed by atoms with Gasteiger partial charge in [0.15, 0.2) is 17.4 Å². The van der Waals surface area contributed by atoms with Gasteiger partial charge in [0.05, 0.1) is 6.26 Å². The highest BCUT2D eigenvalue weighted by atomic mass is 16.4. The van der Waals surface area contributed by atoms with Gasteiger partial charge in [-0.05, 0) is 24.3 Å². The quantitative estimate of drug-likeness (QED) is 0.778. The molecule has 0 amide bonds. The highest BCUT2D eigenvalue weighted by Gasteiger charge is 2.43. The van der Waals surface area contributed by atoms with Crippen LogP contribution < -0.4 is 5.32 Å². The lowest BCUT2D eigenvalue weighted by Crippen LogP contribution is -2.36. The third-order valence-electron chi connectivity index (χ3n) is 3.75. The van der Waals surface area contributed by atoms with E-state index in [4.69, 9.17) is 4.42 Å². The van der Waals surface area contributed by atoms with E-state index in [-0.39, 0.29) is 0 Å². The number of rotatable bonds is 3. The van der Waals surface area contributed by atoms with Crippen molar-refractivity contribution in [3.63, 3.8) is 0 Å². The number of anilines is 1. The minimum absolute atomic E-state index is 0.308. The number of hydrogen-bond donors (Lipinski definition) is 2. The number of benzene rings is 2. The second-order valence-corrected chi connectivity index (χ2v) is 5.40. The molecule has 1 atom stereocenters. The standard InChI is InChI=1S/C19H15N3O2/c23-19(16-12-7-13-24-16)18(20-15-10-5-2-6-11-15)21-17(22-19)14-8-3-1-4-9-14/h1-13,23H,(H,20,21,22). The highest BCUT2D eigenvalue weighted by Crippen LogP contribution is 2.31. The Morgan fingerprint density at radius 2 is 1.58 bits per heavy atom. The molecule has 1 aromatic heterocycles. The number of amidine groups is 2. The minimum Gasteiger partial charge on any atom is -0.464 e. The van der Waals surface area contributed by atoms with E-state index in [0.717, 1.165) is 11.3 Å². The molecule has 1 unspecified atom stereocenters. The molecule has 118 valence electrons. The molecular formula is C19H15N3O2. The molecule has 2 N–H and O–H groups in total. The maximum atomic E-state index is 11.1.